The van der Waals surface area contributed by atoms with Gasteiger partial charge in [0, 0.05) is 24.5 Å². The average Bonchev–Trinajstić information content (AvgIpc) is 2.86. The van der Waals surface area contributed by atoms with E-state index in [1.54, 1.807) is 0 Å². The maximum absolute atomic E-state index is 2.36. The van der Waals surface area contributed by atoms with E-state index in [1.165, 1.54) is 0 Å². The summed E-state index contributed by atoms with van der Waals surface area (Å²) in [6.07, 6.45) is 7.15. The van der Waals surface area contributed by atoms with Crippen LogP contribution in [-0.2, 0) is 0 Å². The topological polar surface area (TPSA) is 17.6 Å². The summed E-state index contributed by atoms with van der Waals surface area (Å²) in [5.74, 6) is 0. The summed E-state index contributed by atoms with van der Waals surface area (Å²) in [6.45, 7) is 9.16. The molecule has 0 saturated heterocycles. The lowest BCUT2D eigenvalue weighted by atomic mass is 9.46. The van der Waals surface area contributed by atoms with Gasteiger partial charge in [0.2, 0.25) is 0 Å². The maximum Gasteiger partial charge on any atom is 0.433 e. The van der Waals surface area contributed by atoms with Crippen LogP contribution in [0.2, 0.25) is 27.3 Å². The highest BCUT2D eigenvalue weighted by atomic mass is 15.5. The van der Waals surface area contributed by atoms with Gasteiger partial charge in [-0.1, -0.05) is 27.3 Å². The van der Waals surface area contributed by atoms with Crippen LogP contribution in [0.25, 0.3) is 0 Å². The second-order valence-electron chi connectivity index (χ2n) is 5.95. The smallest absolute Gasteiger partial charge is 0.343 e. The Bertz CT molecular complexity index is 461. The van der Waals surface area contributed by atoms with Crippen molar-refractivity contribution in [3.05, 3.63) is 36.9 Å². The van der Waals surface area contributed by atoms with E-state index in [0.29, 0.717) is 0 Å². The summed E-state index contributed by atoms with van der Waals surface area (Å²) in [5, 5.41) is 0. The maximum atomic E-state index is 2.36. The number of aromatic nitrogens is 4. The van der Waals surface area contributed by atoms with Gasteiger partial charge in [-0.3, -0.25) is 0 Å². The molecule has 16 heavy (non-hydrogen) atoms. The van der Waals surface area contributed by atoms with Crippen molar-refractivity contribution in [1.29, 1.82) is 0 Å². The summed E-state index contributed by atoms with van der Waals surface area (Å²) < 4.78 is 9.44. The molecule has 84 valence electrons. The van der Waals surface area contributed by atoms with E-state index in [9.17, 15) is 0 Å². The van der Waals surface area contributed by atoms with Crippen molar-refractivity contribution in [1.82, 2.24) is 9.19 Å². The van der Waals surface area contributed by atoms with E-state index >= 15 is 0 Å². The summed E-state index contributed by atoms with van der Waals surface area (Å²) in [7, 11) is 0. The lowest BCUT2D eigenvalue weighted by Crippen LogP contribution is -2.89. The Morgan fingerprint density at radius 3 is 1.50 bits per heavy atom. The molecule has 4 nitrogen and oxygen atoms in total. The molecule has 0 atom stereocenters. The molecule has 0 unspecified atom stereocenters. The molecule has 0 amide bonds. The highest BCUT2D eigenvalue weighted by Gasteiger charge is 2.47. The molecule has 3 heterocycles. The standard InChI is InChI=1S/C10H18B2N4/c1-11(2)13-7-5-9-15(13)12(3,4)16-10-6-8-14(11)16/h5-10H,1-4H3. The molecule has 2 aromatic rings. The molecule has 3 rings (SSSR count). The van der Waals surface area contributed by atoms with Gasteiger partial charge >= 0.3 is 12.8 Å². The quantitative estimate of drug-likeness (QED) is 0.566. The Kier molecular flexibility index (Phi) is 1.60. The zero-order valence-corrected chi connectivity index (χ0v) is 10.4. The third kappa shape index (κ3) is 0.925. The fourth-order valence-electron chi connectivity index (χ4n) is 3.13. The first kappa shape index (κ1) is 9.75. The first-order valence-corrected chi connectivity index (χ1v) is 6.11. The molecule has 0 fully saturated rings. The van der Waals surface area contributed by atoms with Gasteiger partial charge in [0.1, 0.15) is 12.4 Å². The molecule has 0 bridgehead atoms. The van der Waals surface area contributed by atoms with Crippen LogP contribution in [0.1, 0.15) is 0 Å². The summed E-state index contributed by atoms with van der Waals surface area (Å²) in [4.78, 5) is 0. The molecule has 6 heteroatoms. The van der Waals surface area contributed by atoms with Crippen LogP contribution in [0, 0.1) is 0 Å². The van der Waals surface area contributed by atoms with E-state index in [2.05, 4.69) is 82.6 Å². The van der Waals surface area contributed by atoms with Gasteiger partial charge in [0.05, 0.1) is 0 Å². The van der Waals surface area contributed by atoms with Crippen LogP contribution < -0.4 is 9.19 Å². The monoisotopic (exact) mass is 216 g/mol. The Balaban J connectivity index is 2.39. The Morgan fingerprint density at radius 1 is 0.750 bits per heavy atom. The highest BCUT2D eigenvalue weighted by molar-refractivity contribution is 6.71. The lowest BCUT2D eigenvalue weighted by Gasteiger charge is -2.41. The molecule has 0 aliphatic carbocycles. The number of fused-ring (bicyclic) bond motifs is 2. The summed E-state index contributed by atoms with van der Waals surface area (Å²) in [5.41, 5.74) is 0. The fraction of sp³-hybridized carbons (Fsp3) is 0.400. The zero-order valence-electron chi connectivity index (χ0n) is 10.4. The van der Waals surface area contributed by atoms with Crippen molar-refractivity contribution in [2.24, 2.45) is 0 Å². The van der Waals surface area contributed by atoms with Gasteiger partial charge < -0.3 is 18.4 Å². The van der Waals surface area contributed by atoms with Crippen molar-refractivity contribution >= 4 is 12.8 Å². The minimum atomic E-state index is -0.774. The number of nitrogens with zero attached hydrogens (tertiary/aromatic N) is 4. The predicted molar refractivity (Wildman–Crippen MR) is 65.8 cm³/mol. The van der Waals surface area contributed by atoms with Gasteiger partial charge in [0.15, 0.2) is 0 Å². The molecular formula is C10H18B2N4. The highest BCUT2D eigenvalue weighted by Crippen LogP contribution is 2.11. The minimum absolute atomic E-state index is 0.774. The van der Waals surface area contributed by atoms with Gasteiger partial charge in [-0.15, -0.1) is 0 Å². The molecule has 1 aliphatic rings. The Hall–Kier alpha value is -1.45. The first-order valence-electron chi connectivity index (χ1n) is 6.11. The van der Waals surface area contributed by atoms with E-state index in [4.69, 9.17) is 0 Å². The van der Waals surface area contributed by atoms with Crippen molar-refractivity contribution in [3.63, 3.8) is 0 Å². The van der Waals surface area contributed by atoms with Crippen LogP contribution in [0.5, 0.6) is 0 Å². The van der Waals surface area contributed by atoms with Crippen molar-refractivity contribution in [2.75, 3.05) is 0 Å². The van der Waals surface area contributed by atoms with E-state index in [-0.39, 0.29) is 0 Å². The van der Waals surface area contributed by atoms with E-state index < -0.39 is 12.8 Å². The van der Waals surface area contributed by atoms with Gasteiger partial charge in [0.25, 0.3) is 0 Å². The summed E-state index contributed by atoms with van der Waals surface area (Å²) >= 11 is 0. The molecule has 1 aliphatic heterocycles. The van der Waals surface area contributed by atoms with Crippen LogP contribution in [0.3, 0.4) is 0 Å². The first-order chi connectivity index (χ1) is 7.45. The molecule has 0 aromatic carbocycles. The van der Waals surface area contributed by atoms with Crippen LogP contribution >= 0.6 is 0 Å². The minimum Gasteiger partial charge on any atom is -0.343 e. The van der Waals surface area contributed by atoms with E-state index in [0.717, 1.165) is 0 Å². The lowest BCUT2D eigenvalue weighted by molar-refractivity contribution is -0.713. The van der Waals surface area contributed by atoms with E-state index in [1.807, 2.05) is 0 Å². The molecule has 0 saturated carbocycles. The SMILES string of the molecule is C[B-]1(C)n2ccc[n+]2[B-](C)(C)n2ccc[n+]21. The second kappa shape index (κ2) is 2.62. The second-order valence-corrected chi connectivity index (χ2v) is 5.95. The zero-order chi connectivity index (χ0) is 11.6. The van der Waals surface area contributed by atoms with Crippen LogP contribution in [-0.4, -0.2) is 22.0 Å². The number of hydrogen-bond acceptors (Lipinski definition) is 0. The van der Waals surface area contributed by atoms with Crippen molar-refractivity contribution in [2.45, 2.75) is 27.3 Å². The number of rotatable bonds is 0. The van der Waals surface area contributed by atoms with Crippen molar-refractivity contribution < 1.29 is 9.19 Å². The van der Waals surface area contributed by atoms with Gasteiger partial charge in [-0.2, -0.15) is 0 Å². The summed E-state index contributed by atoms with van der Waals surface area (Å²) in [6, 6.07) is 4.25. The molecule has 0 N–H and O–H groups in total. The van der Waals surface area contributed by atoms with Crippen LogP contribution in [0.4, 0.5) is 0 Å². The molecule has 0 spiro atoms. The normalized spacial score (nSPS) is 20.2. The molecular weight excluding hydrogens is 198 g/mol. The molecule has 2 aromatic heterocycles. The number of hydrogen-bond donors (Lipinski definition) is 0. The fourth-order valence-corrected chi connectivity index (χ4v) is 3.13. The predicted octanol–water partition coefficient (Wildman–Crippen LogP) is 0.374. The molecule has 0 radical (unpaired) electrons. The average molecular weight is 216 g/mol. The third-order valence-corrected chi connectivity index (χ3v) is 4.08. The van der Waals surface area contributed by atoms with Crippen LogP contribution in [0.15, 0.2) is 36.9 Å². The van der Waals surface area contributed by atoms with Gasteiger partial charge in [-0.25, -0.2) is 0 Å². The Morgan fingerprint density at radius 2 is 1.12 bits per heavy atom. The Labute approximate surface area is 96.0 Å². The third-order valence-electron chi connectivity index (χ3n) is 4.08. The largest absolute Gasteiger partial charge is 0.433 e. The van der Waals surface area contributed by atoms with Gasteiger partial charge in [-0.05, 0) is 0 Å². The van der Waals surface area contributed by atoms with Crippen molar-refractivity contribution in [3.8, 4) is 0 Å².